The summed E-state index contributed by atoms with van der Waals surface area (Å²) in [6.45, 7) is 14.5. The second kappa shape index (κ2) is 9.64. The molecule has 0 saturated heterocycles. The van der Waals surface area contributed by atoms with E-state index < -0.39 is 8.80 Å². The van der Waals surface area contributed by atoms with E-state index in [9.17, 15) is 0 Å². The van der Waals surface area contributed by atoms with Gasteiger partial charge in [0.2, 0.25) is 5.90 Å². The van der Waals surface area contributed by atoms with Gasteiger partial charge in [-0.1, -0.05) is 24.3 Å². The van der Waals surface area contributed by atoms with Crippen LogP contribution in [0.5, 0.6) is 0 Å². The third-order valence-electron chi connectivity index (χ3n) is 4.38. The first-order valence-corrected chi connectivity index (χ1v) is 11.6. The van der Waals surface area contributed by atoms with E-state index in [-0.39, 0.29) is 5.54 Å². The summed E-state index contributed by atoms with van der Waals surface area (Å²) in [5.74, 6) is 0.709. The van der Waals surface area contributed by atoms with Gasteiger partial charge in [0.25, 0.3) is 0 Å². The summed E-state index contributed by atoms with van der Waals surface area (Å²) < 4.78 is 23.7. The molecule has 2 rings (SSSR count). The Kier molecular flexibility index (Phi) is 7.79. The molecule has 6 heteroatoms. The van der Waals surface area contributed by atoms with Crippen molar-refractivity contribution in [3.8, 4) is 0 Å². The number of nitrogens with zero attached hydrogens (tertiary/aromatic N) is 1. The summed E-state index contributed by atoms with van der Waals surface area (Å²) in [5.41, 5.74) is 5.04. The van der Waals surface area contributed by atoms with Gasteiger partial charge in [-0.25, -0.2) is 4.99 Å². The molecule has 0 amide bonds. The van der Waals surface area contributed by atoms with Crippen LogP contribution in [0.15, 0.2) is 28.9 Å². The van der Waals surface area contributed by atoms with Gasteiger partial charge in [0.15, 0.2) is 0 Å². The number of aryl methyl sites for hydroxylation is 1. The summed E-state index contributed by atoms with van der Waals surface area (Å²) in [7, 11) is -2.86. The van der Waals surface area contributed by atoms with Crippen LogP contribution in [0.25, 0.3) is 6.08 Å². The maximum Gasteiger partial charge on any atom is 0.529 e. The third kappa shape index (κ3) is 5.75. The van der Waals surface area contributed by atoms with Crippen LogP contribution < -0.4 is 0 Å². The van der Waals surface area contributed by atoms with Crippen LogP contribution >= 0.6 is 0 Å². The van der Waals surface area contributed by atoms with Gasteiger partial charge in [0.05, 0.1) is 12.1 Å². The number of ether oxygens (including phenoxy) is 1. The molecule has 0 radical (unpaired) electrons. The Morgan fingerprint density at radius 2 is 1.74 bits per heavy atom. The van der Waals surface area contributed by atoms with Gasteiger partial charge in [-0.15, -0.1) is 0 Å². The average molecular weight is 392 g/mol. The summed E-state index contributed by atoms with van der Waals surface area (Å²) >= 11 is 0. The number of rotatable bonds is 9. The van der Waals surface area contributed by atoms with Gasteiger partial charge in [-0.05, 0) is 58.4 Å². The average Bonchev–Trinajstić information content (AvgIpc) is 2.60. The summed E-state index contributed by atoms with van der Waals surface area (Å²) in [4.78, 5) is 4.84. The van der Waals surface area contributed by atoms with E-state index in [1.54, 1.807) is 0 Å². The summed E-state index contributed by atoms with van der Waals surface area (Å²) in [6.07, 6.45) is 2.95. The molecule has 0 aromatic heterocycles. The van der Waals surface area contributed by atoms with Gasteiger partial charge in [0.1, 0.15) is 0 Å². The predicted molar refractivity (Wildman–Crippen MR) is 112 cm³/mol. The van der Waals surface area contributed by atoms with Gasteiger partial charge >= 0.3 is 8.80 Å². The number of benzene rings is 1. The van der Waals surface area contributed by atoms with Crippen molar-refractivity contribution in [2.24, 2.45) is 4.99 Å². The van der Waals surface area contributed by atoms with E-state index in [0.29, 0.717) is 32.3 Å². The van der Waals surface area contributed by atoms with Crippen LogP contribution in [0.3, 0.4) is 0 Å². The molecule has 0 unspecified atom stereocenters. The molecule has 0 fully saturated rings. The highest BCUT2D eigenvalue weighted by Crippen LogP contribution is 2.26. The van der Waals surface area contributed by atoms with Crippen molar-refractivity contribution in [1.29, 1.82) is 0 Å². The Bertz CT molecular complexity index is 668. The molecule has 0 saturated carbocycles. The number of hydrogen-bond acceptors (Lipinski definition) is 5. The quantitative estimate of drug-likeness (QED) is 0.580. The summed E-state index contributed by atoms with van der Waals surface area (Å²) in [5, 5.41) is 0. The highest BCUT2D eigenvalue weighted by molar-refractivity contribution is 6.67. The fourth-order valence-corrected chi connectivity index (χ4v) is 5.20. The van der Waals surface area contributed by atoms with Crippen LogP contribution in [-0.4, -0.2) is 46.7 Å². The fourth-order valence-electron chi connectivity index (χ4n) is 3.07. The minimum atomic E-state index is -2.86. The lowest BCUT2D eigenvalue weighted by molar-refractivity contribution is 0.0845. The largest absolute Gasteiger partial charge is 0.529 e. The minimum absolute atomic E-state index is 0.114. The second-order valence-electron chi connectivity index (χ2n) is 7.10. The van der Waals surface area contributed by atoms with E-state index >= 15 is 0 Å². The summed E-state index contributed by atoms with van der Waals surface area (Å²) in [6, 6.07) is 6.19. The Morgan fingerprint density at radius 1 is 1.11 bits per heavy atom. The second-order valence-corrected chi connectivity index (χ2v) is 9.51. The Morgan fingerprint density at radius 3 is 2.30 bits per heavy atom. The van der Waals surface area contributed by atoms with Crippen LogP contribution in [0.4, 0.5) is 0 Å². The smallest absolute Gasteiger partial charge is 0.477 e. The van der Waals surface area contributed by atoms with E-state index in [1.165, 1.54) is 0 Å². The van der Waals surface area contributed by atoms with Crippen LogP contribution in [0.1, 0.15) is 57.7 Å². The lowest BCUT2D eigenvalue weighted by atomic mass is 9.97. The molecule has 1 heterocycles. The molecule has 0 spiro atoms. The molecule has 1 aromatic carbocycles. The highest BCUT2D eigenvalue weighted by Gasteiger charge is 2.37. The monoisotopic (exact) mass is 391 g/mol. The predicted octanol–water partition coefficient (Wildman–Crippen LogP) is 4.54. The Hall–Kier alpha value is -1.47. The van der Waals surface area contributed by atoms with Crippen molar-refractivity contribution in [2.45, 2.75) is 53.5 Å². The van der Waals surface area contributed by atoms with Crippen molar-refractivity contribution in [2.75, 3.05) is 26.4 Å². The lowest BCUT2D eigenvalue weighted by Gasteiger charge is -2.28. The molecular formula is C21H33NO4Si. The zero-order chi connectivity index (χ0) is 19.9. The van der Waals surface area contributed by atoms with Gasteiger partial charge < -0.3 is 18.0 Å². The molecule has 0 aliphatic carbocycles. The van der Waals surface area contributed by atoms with Gasteiger partial charge in [0, 0.05) is 31.8 Å². The van der Waals surface area contributed by atoms with Crippen LogP contribution in [0.2, 0.25) is 0 Å². The highest BCUT2D eigenvalue weighted by atomic mass is 28.4. The van der Waals surface area contributed by atoms with E-state index in [4.69, 9.17) is 23.0 Å². The Balaban J connectivity index is 2.45. The molecule has 0 N–H and O–H groups in total. The molecule has 27 heavy (non-hydrogen) atoms. The molecule has 1 aliphatic heterocycles. The molecule has 150 valence electrons. The molecule has 0 atom stereocenters. The molecule has 5 nitrogen and oxygen atoms in total. The van der Waals surface area contributed by atoms with E-state index in [1.807, 2.05) is 38.6 Å². The van der Waals surface area contributed by atoms with E-state index in [2.05, 4.69) is 32.9 Å². The van der Waals surface area contributed by atoms with Crippen molar-refractivity contribution in [3.05, 3.63) is 40.6 Å². The first-order valence-electron chi connectivity index (χ1n) is 9.80. The zero-order valence-corrected chi connectivity index (χ0v) is 18.5. The lowest BCUT2D eigenvalue weighted by Crippen LogP contribution is -2.44. The van der Waals surface area contributed by atoms with Crippen molar-refractivity contribution in [3.63, 3.8) is 0 Å². The first-order chi connectivity index (χ1) is 12.9. The molecular weight excluding hydrogens is 358 g/mol. The van der Waals surface area contributed by atoms with Crippen molar-refractivity contribution < 1.29 is 18.0 Å². The van der Waals surface area contributed by atoms with Crippen molar-refractivity contribution >= 4 is 20.8 Å². The first kappa shape index (κ1) is 21.8. The topological polar surface area (TPSA) is 49.3 Å². The molecule has 1 aliphatic rings. The van der Waals surface area contributed by atoms with Crippen LogP contribution in [0, 0.1) is 6.92 Å². The SMILES string of the molecule is CCO[Si](/C=C/c1cccc(C)c1C1=NC(C)(C)CCO1)(OCC)OCC. The van der Waals surface area contributed by atoms with Crippen LogP contribution in [-0.2, 0) is 18.0 Å². The fraction of sp³-hybridized carbons (Fsp3) is 0.571. The maximum absolute atomic E-state index is 5.93. The molecule has 0 bridgehead atoms. The Labute approximate surface area is 164 Å². The maximum atomic E-state index is 5.93. The minimum Gasteiger partial charge on any atom is -0.477 e. The zero-order valence-electron chi connectivity index (χ0n) is 17.5. The van der Waals surface area contributed by atoms with E-state index in [0.717, 1.165) is 23.1 Å². The third-order valence-corrected chi connectivity index (χ3v) is 7.03. The number of hydrogen-bond donors (Lipinski definition) is 0. The van der Waals surface area contributed by atoms with Crippen molar-refractivity contribution in [1.82, 2.24) is 0 Å². The van der Waals surface area contributed by atoms with Gasteiger partial charge in [-0.3, -0.25) is 0 Å². The standard InChI is InChI=1S/C21H33NO4Si/c1-7-24-27(25-8-2,26-9-3)16-13-18-12-10-11-17(4)19(18)20-22-21(5,6)14-15-23-20/h10-13,16H,7-9,14-15H2,1-6H3/b16-13+. The normalized spacial score (nSPS) is 17.0. The number of aliphatic imine (C=N–C) groups is 1. The van der Waals surface area contributed by atoms with Gasteiger partial charge in [-0.2, -0.15) is 0 Å². The molecule has 1 aromatic rings.